The molecule has 0 atom stereocenters. The molecule has 3 N–H and O–H groups in total. The third-order valence-corrected chi connectivity index (χ3v) is 1.89. The maximum atomic E-state index is 8.68. The summed E-state index contributed by atoms with van der Waals surface area (Å²) >= 11 is 0. The van der Waals surface area contributed by atoms with Crippen LogP contribution in [0.15, 0.2) is 30.3 Å². The van der Waals surface area contributed by atoms with Gasteiger partial charge in [0, 0.05) is 5.56 Å². The molecule has 0 bridgehead atoms. The highest BCUT2D eigenvalue weighted by Gasteiger charge is 2.06. The van der Waals surface area contributed by atoms with Gasteiger partial charge in [-0.3, -0.25) is 0 Å². The molecule has 0 aliphatic carbocycles. The minimum absolute atomic E-state index is 0.242. The van der Waals surface area contributed by atoms with Crippen LogP contribution in [0.4, 0.5) is 5.82 Å². The van der Waals surface area contributed by atoms with Crippen LogP contribution in [-0.2, 0) is 0 Å². The number of H-pyrrole nitrogens is 1. The zero-order chi connectivity index (χ0) is 9.97. The van der Waals surface area contributed by atoms with Crippen molar-refractivity contribution in [2.45, 2.75) is 0 Å². The summed E-state index contributed by atoms with van der Waals surface area (Å²) in [6, 6.07) is 11.5. The topological polar surface area (TPSA) is 78.5 Å². The number of hydrogen-bond donors (Lipinski definition) is 2. The first-order valence-electron chi connectivity index (χ1n) is 4.12. The fraction of sp³-hybridized carbons (Fsp3) is 0. The molecule has 1 aromatic heterocycles. The number of hydrogen-bond acceptors (Lipinski definition) is 3. The number of nitrogens with two attached hydrogens (primary N) is 1. The van der Waals surface area contributed by atoms with Crippen molar-refractivity contribution in [1.29, 1.82) is 5.26 Å². The number of nitrogens with one attached hydrogen (secondary N) is 1. The van der Waals surface area contributed by atoms with Crippen molar-refractivity contribution in [2.24, 2.45) is 0 Å². The monoisotopic (exact) mass is 184 g/mol. The molecule has 0 saturated heterocycles. The standard InChI is InChI=1S/C10H8N4/c11-6-8-9(12)14-10(13-8)7-4-2-1-3-5-7/h1-5H,12H2,(H,13,14). The van der Waals surface area contributed by atoms with Crippen LogP contribution in [0, 0.1) is 11.3 Å². The molecule has 2 rings (SSSR count). The lowest BCUT2D eigenvalue weighted by atomic mass is 10.2. The van der Waals surface area contributed by atoms with Crippen LogP contribution >= 0.6 is 0 Å². The lowest BCUT2D eigenvalue weighted by molar-refractivity contribution is 1.29. The Bertz CT molecular complexity index is 479. The molecule has 2 aromatic rings. The maximum Gasteiger partial charge on any atom is 0.161 e. The average molecular weight is 184 g/mol. The molecule has 1 aromatic carbocycles. The number of anilines is 1. The van der Waals surface area contributed by atoms with Crippen molar-refractivity contribution >= 4 is 5.82 Å². The molecule has 0 aliphatic heterocycles. The Balaban J connectivity index is 2.50. The van der Waals surface area contributed by atoms with E-state index in [2.05, 4.69) is 9.97 Å². The summed E-state index contributed by atoms with van der Waals surface area (Å²) in [5.41, 5.74) is 6.75. The molecule has 1 heterocycles. The molecule has 0 radical (unpaired) electrons. The Kier molecular flexibility index (Phi) is 1.92. The minimum Gasteiger partial charge on any atom is -0.381 e. The number of rotatable bonds is 1. The summed E-state index contributed by atoms with van der Waals surface area (Å²) in [4.78, 5) is 6.90. The van der Waals surface area contributed by atoms with Crippen molar-refractivity contribution in [3.05, 3.63) is 36.0 Å². The summed E-state index contributed by atoms with van der Waals surface area (Å²) in [5.74, 6) is 0.867. The highest BCUT2D eigenvalue weighted by Crippen LogP contribution is 2.18. The van der Waals surface area contributed by atoms with E-state index in [4.69, 9.17) is 11.0 Å². The van der Waals surface area contributed by atoms with Gasteiger partial charge in [-0.05, 0) is 0 Å². The molecule has 0 fully saturated rings. The van der Waals surface area contributed by atoms with Gasteiger partial charge in [0.1, 0.15) is 11.9 Å². The number of benzene rings is 1. The van der Waals surface area contributed by atoms with Crippen LogP contribution in [0.1, 0.15) is 5.69 Å². The van der Waals surface area contributed by atoms with E-state index in [-0.39, 0.29) is 5.82 Å². The Labute approximate surface area is 81.0 Å². The fourth-order valence-corrected chi connectivity index (χ4v) is 1.20. The number of aromatic amines is 1. The van der Waals surface area contributed by atoms with Crippen LogP contribution in [0.3, 0.4) is 0 Å². The van der Waals surface area contributed by atoms with Crippen LogP contribution in [0.5, 0.6) is 0 Å². The summed E-state index contributed by atoms with van der Waals surface area (Å²) in [7, 11) is 0. The van der Waals surface area contributed by atoms with Gasteiger partial charge in [0.05, 0.1) is 0 Å². The number of aromatic nitrogens is 2. The summed E-state index contributed by atoms with van der Waals surface area (Å²) in [6.45, 7) is 0. The van der Waals surface area contributed by atoms with Crippen LogP contribution < -0.4 is 5.73 Å². The van der Waals surface area contributed by atoms with E-state index in [1.165, 1.54) is 0 Å². The van der Waals surface area contributed by atoms with Gasteiger partial charge in [-0.25, -0.2) is 4.98 Å². The van der Waals surface area contributed by atoms with Crippen molar-refractivity contribution in [2.75, 3.05) is 5.73 Å². The Morgan fingerprint density at radius 1 is 1.29 bits per heavy atom. The largest absolute Gasteiger partial charge is 0.381 e. The van der Waals surface area contributed by atoms with Crippen molar-refractivity contribution in [1.82, 2.24) is 9.97 Å². The highest BCUT2D eigenvalue weighted by molar-refractivity contribution is 5.60. The molecule has 4 heteroatoms. The zero-order valence-electron chi connectivity index (χ0n) is 7.36. The smallest absolute Gasteiger partial charge is 0.161 e. The van der Waals surface area contributed by atoms with Gasteiger partial charge >= 0.3 is 0 Å². The summed E-state index contributed by atoms with van der Waals surface area (Å²) < 4.78 is 0. The van der Waals surface area contributed by atoms with Crippen LogP contribution in [0.2, 0.25) is 0 Å². The Morgan fingerprint density at radius 3 is 2.57 bits per heavy atom. The zero-order valence-corrected chi connectivity index (χ0v) is 7.36. The summed E-state index contributed by atoms with van der Waals surface area (Å²) in [5, 5.41) is 8.68. The lowest BCUT2D eigenvalue weighted by Crippen LogP contribution is -1.86. The van der Waals surface area contributed by atoms with Gasteiger partial charge in [-0.1, -0.05) is 30.3 Å². The number of nitrogens with zero attached hydrogens (tertiary/aromatic N) is 2. The van der Waals surface area contributed by atoms with Crippen molar-refractivity contribution in [3.8, 4) is 17.5 Å². The SMILES string of the molecule is N#Cc1[nH]c(-c2ccccc2)nc1N. The number of imidazole rings is 1. The van der Waals surface area contributed by atoms with Crippen molar-refractivity contribution in [3.63, 3.8) is 0 Å². The minimum atomic E-state index is 0.242. The molecular formula is C10H8N4. The molecule has 0 unspecified atom stereocenters. The van der Waals surface area contributed by atoms with Gasteiger partial charge in [0.15, 0.2) is 11.5 Å². The molecule has 4 nitrogen and oxygen atoms in total. The number of nitrogen functional groups attached to an aromatic ring is 1. The van der Waals surface area contributed by atoms with E-state index in [1.807, 2.05) is 36.4 Å². The van der Waals surface area contributed by atoms with Gasteiger partial charge in [0.2, 0.25) is 0 Å². The first kappa shape index (κ1) is 8.32. The van der Waals surface area contributed by atoms with E-state index in [9.17, 15) is 0 Å². The molecule has 0 spiro atoms. The maximum absolute atomic E-state index is 8.68. The highest BCUT2D eigenvalue weighted by atomic mass is 15.0. The first-order chi connectivity index (χ1) is 6.81. The Hall–Kier alpha value is -2.28. The van der Waals surface area contributed by atoms with E-state index < -0.39 is 0 Å². The van der Waals surface area contributed by atoms with E-state index in [0.29, 0.717) is 11.5 Å². The first-order valence-corrected chi connectivity index (χ1v) is 4.12. The van der Waals surface area contributed by atoms with Crippen LogP contribution in [-0.4, -0.2) is 9.97 Å². The average Bonchev–Trinajstić information content (AvgIpc) is 2.61. The van der Waals surface area contributed by atoms with Gasteiger partial charge < -0.3 is 10.7 Å². The predicted octanol–water partition coefficient (Wildman–Crippen LogP) is 1.53. The van der Waals surface area contributed by atoms with Crippen LogP contribution in [0.25, 0.3) is 11.4 Å². The normalized spacial score (nSPS) is 9.64. The molecule has 68 valence electrons. The van der Waals surface area contributed by atoms with Gasteiger partial charge in [-0.2, -0.15) is 5.26 Å². The van der Waals surface area contributed by atoms with E-state index >= 15 is 0 Å². The molecule has 0 aliphatic rings. The van der Waals surface area contributed by atoms with Crippen molar-refractivity contribution < 1.29 is 0 Å². The van der Waals surface area contributed by atoms with E-state index in [0.717, 1.165) is 5.56 Å². The number of nitriles is 1. The third-order valence-electron chi connectivity index (χ3n) is 1.89. The second kappa shape index (κ2) is 3.23. The lowest BCUT2D eigenvalue weighted by Gasteiger charge is -1.93. The Morgan fingerprint density at radius 2 is 2.00 bits per heavy atom. The molecular weight excluding hydrogens is 176 g/mol. The second-order valence-corrected chi connectivity index (χ2v) is 2.82. The molecule has 0 amide bonds. The summed E-state index contributed by atoms with van der Waals surface area (Å²) in [6.07, 6.45) is 0. The fourth-order valence-electron chi connectivity index (χ4n) is 1.20. The van der Waals surface area contributed by atoms with Gasteiger partial charge in [-0.15, -0.1) is 0 Å². The molecule has 14 heavy (non-hydrogen) atoms. The van der Waals surface area contributed by atoms with Gasteiger partial charge in [0.25, 0.3) is 0 Å². The van der Waals surface area contributed by atoms with E-state index in [1.54, 1.807) is 0 Å². The quantitative estimate of drug-likeness (QED) is 0.705. The second-order valence-electron chi connectivity index (χ2n) is 2.82. The third kappa shape index (κ3) is 1.31. The molecule has 0 saturated carbocycles. The predicted molar refractivity (Wildman–Crippen MR) is 53.2 cm³/mol.